The Morgan fingerprint density at radius 2 is 1.68 bits per heavy atom. The molecule has 2 amide bonds. The van der Waals surface area contributed by atoms with E-state index in [1.165, 1.54) is 17.0 Å². The fourth-order valence-electron chi connectivity index (χ4n) is 4.27. The number of rotatable bonds is 9. The summed E-state index contributed by atoms with van der Waals surface area (Å²) < 4.78 is 26.3. The van der Waals surface area contributed by atoms with Crippen LogP contribution in [-0.4, -0.2) is 50.0 Å². The average Bonchev–Trinajstić information content (AvgIpc) is 2.84. The number of carbonyl (C=O) groups excluding carboxylic acids is 2. The van der Waals surface area contributed by atoms with E-state index in [1.54, 1.807) is 31.2 Å². The summed E-state index contributed by atoms with van der Waals surface area (Å²) in [6.07, 6.45) is 5.95. The maximum atomic E-state index is 13.7. The van der Waals surface area contributed by atoms with E-state index in [-0.39, 0.29) is 34.2 Å². The molecule has 0 saturated heterocycles. The minimum absolute atomic E-state index is 0.00140. The molecule has 1 atom stereocenters. The number of sulfonamides is 1. The quantitative estimate of drug-likeness (QED) is 0.382. The van der Waals surface area contributed by atoms with Crippen molar-refractivity contribution in [2.75, 3.05) is 17.1 Å². The zero-order valence-corrected chi connectivity index (χ0v) is 24.4. The van der Waals surface area contributed by atoms with Crippen molar-refractivity contribution < 1.29 is 18.0 Å². The van der Waals surface area contributed by atoms with E-state index in [0.717, 1.165) is 42.7 Å². The van der Waals surface area contributed by atoms with Crippen LogP contribution in [0.1, 0.15) is 44.6 Å². The van der Waals surface area contributed by atoms with Gasteiger partial charge in [-0.3, -0.25) is 13.9 Å². The average molecular weight is 609 g/mol. The van der Waals surface area contributed by atoms with Gasteiger partial charge in [-0.1, -0.05) is 77.8 Å². The van der Waals surface area contributed by atoms with Crippen molar-refractivity contribution in [2.45, 2.75) is 57.7 Å². The van der Waals surface area contributed by atoms with Gasteiger partial charge in [0.2, 0.25) is 21.8 Å². The van der Waals surface area contributed by atoms with Gasteiger partial charge in [-0.25, -0.2) is 8.42 Å². The number of nitrogens with one attached hydrogen (secondary N) is 1. The van der Waals surface area contributed by atoms with Crippen LogP contribution in [0.2, 0.25) is 20.1 Å². The number of benzene rings is 2. The minimum atomic E-state index is -3.94. The Balaban J connectivity index is 1.92. The van der Waals surface area contributed by atoms with E-state index in [2.05, 4.69) is 5.32 Å². The first-order chi connectivity index (χ1) is 17.4. The van der Waals surface area contributed by atoms with Gasteiger partial charge in [0.1, 0.15) is 12.6 Å². The molecule has 7 nitrogen and oxygen atoms in total. The molecule has 3 rings (SSSR count). The number of hydrogen-bond donors (Lipinski definition) is 1. The smallest absolute Gasteiger partial charge is 0.244 e. The lowest BCUT2D eigenvalue weighted by molar-refractivity contribution is -0.139. The molecular weight excluding hydrogens is 580 g/mol. The molecular formula is C25H29Cl4N3O4S. The van der Waals surface area contributed by atoms with Gasteiger partial charge in [-0.15, -0.1) is 0 Å². The highest BCUT2D eigenvalue weighted by Gasteiger charge is 2.32. The maximum Gasteiger partial charge on any atom is 0.244 e. The van der Waals surface area contributed by atoms with Crippen molar-refractivity contribution in [1.29, 1.82) is 0 Å². The standard InChI is InChI=1S/C25H29Cl4N3O4S/c1-16(25(34)30-18-7-4-3-5-8-18)31(14-17-11-12-19(26)21(28)13-17)23(33)15-32(37(2,35)36)22-10-6-9-20(27)24(22)29/h6,9-13,16,18H,3-5,7-8,14-15H2,1-2H3,(H,30,34)/t16-/m0/s1. The SMILES string of the molecule is C[C@@H](C(=O)NC1CCCCC1)N(Cc1ccc(Cl)c(Cl)c1)C(=O)CN(c1cccc(Cl)c1Cl)S(C)(=O)=O. The predicted molar refractivity (Wildman–Crippen MR) is 150 cm³/mol. The molecule has 1 N–H and O–H groups in total. The summed E-state index contributed by atoms with van der Waals surface area (Å²) in [6.45, 7) is 1.04. The van der Waals surface area contributed by atoms with Gasteiger partial charge >= 0.3 is 0 Å². The second-order valence-electron chi connectivity index (χ2n) is 9.13. The fraction of sp³-hybridized carbons (Fsp3) is 0.440. The van der Waals surface area contributed by atoms with E-state index in [0.29, 0.717) is 15.6 Å². The Hall–Kier alpha value is -1.71. The van der Waals surface area contributed by atoms with Crippen molar-refractivity contribution in [2.24, 2.45) is 0 Å². The Labute approximate surface area is 238 Å². The summed E-state index contributed by atoms with van der Waals surface area (Å²) in [6, 6.07) is 8.59. The third-order valence-electron chi connectivity index (χ3n) is 6.33. The number of anilines is 1. The van der Waals surface area contributed by atoms with Gasteiger partial charge in [0, 0.05) is 12.6 Å². The summed E-state index contributed by atoms with van der Waals surface area (Å²) in [4.78, 5) is 28.2. The van der Waals surface area contributed by atoms with Gasteiger partial charge in [0.05, 0.1) is 32.0 Å². The Bertz CT molecular complexity index is 1250. The van der Waals surface area contributed by atoms with Crippen LogP contribution in [0.4, 0.5) is 5.69 Å². The normalized spacial score (nSPS) is 15.2. The van der Waals surface area contributed by atoms with Crippen molar-refractivity contribution in [1.82, 2.24) is 10.2 Å². The minimum Gasteiger partial charge on any atom is -0.352 e. The number of halogens is 4. The van der Waals surface area contributed by atoms with Crippen LogP contribution in [0.5, 0.6) is 0 Å². The van der Waals surface area contributed by atoms with E-state index in [9.17, 15) is 18.0 Å². The highest BCUT2D eigenvalue weighted by atomic mass is 35.5. The van der Waals surface area contributed by atoms with Gasteiger partial charge in [-0.2, -0.15) is 0 Å². The predicted octanol–water partition coefficient (Wildman–Crippen LogP) is 5.93. The molecule has 1 saturated carbocycles. The molecule has 0 unspecified atom stereocenters. The second kappa shape index (κ2) is 12.9. The van der Waals surface area contributed by atoms with Crippen molar-refractivity contribution >= 4 is 73.9 Å². The summed E-state index contributed by atoms with van der Waals surface area (Å²) >= 11 is 24.6. The fourth-order valence-corrected chi connectivity index (χ4v) is 5.89. The third kappa shape index (κ3) is 7.90. The molecule has 2 aromatic carbocycles. The summed E-state index contributed by atoms with van der Waals surface area (Å²) in [5.41, 5.74) is 0.700. The first-order valence-corrected chi connectivity index (χ1v) is 15.2. The topological polar surface area (TPSA) is 86.8 Å². The number of hydrogen-bond acceptors (Lipinski definition) is 4. The van der Waals surface area contributed by atoms with E-state index >= 15 is 0 Å². The lowest BCUT2D eigenvalue weighted by Crippen LogP contribution is -2.53. The van der Waals surface area contributed by atoms with Crippen LogP contribution in [-0.2, 0) is 26.2 Å². The molecule has 1 fully saturated rings. The summed E-state index contributed by atoms with van der Waals surface area (Å²) in [5, 5.41) is 3.84. The molecule has 0 aliphatic heterocycles. The monoisotopic (exact) mass is 607 g/mol. The largest absolute Gasteiger partial charge is 0.352 e. The zero-order chi connectivity index (χ0) is 27.3. The molecule has 0 heterocycles. The highest BCUT2D eigenvalue weighted by Crippen LogP contribution is 2.34. The van der Waals surface area contributed by atoms with Crippen LogP contribution in [0, 0.1) is 0 Å². The van der Waals surface area contributed by atoms with Crippen molar-refractivity contribution in [3.05, 3.63) is 62.1 Å². The van der Waals surface area contributed by atoms with Crippen molar-refractivity contribution in [3.8, 4) is 0 Å². The number of nitrogens with zero attached hydrogens (tertiary/aromatic N) is 2. The van der Waals surface area contributed by atoms with E-state index in [4.69, 9.17) is 46.4 Å². The molecule has 0 aromatic heterocycles. The van der Waals surface area contributed by atoms with E-state index < -0.39 is 28.5 Å². The zero-order valence-electron chi connectivity index (χ0n) is 20.5. The van der Waals surface area contributed by atoms with Crippen LogP contribution in [0.15, 0.2) is 36.4 Å². The van der Waals surface area contributed by atoms with Crippen molar-refractivity contribution in [3.63, 3.8) is 0 Å². The Kier molecular flexibility index (Phi) is 10.4. The number of carbonyl (C=O) groups is 2. The van der Waals surface area contributed by atoms with Crippen LogP contribution < -0.4 is 9.62 Å². The first kappa shape index (κ1) is 29.8. The molecule has 202 valence electrons. The van der Waals surface area contributed by atoms with Crippen LogP contribution in [0.3, 0.4) is 0 Å². The highest BCUT2D eigenvalue weighted by molar-refractivity contribution is 7.92. The van der Waals surface area contributed by atoms with Crippen LogP contribution >= 0.6 is 46.4 Å². The molecule has 37 heavy (non-hydrogen) atoms. The third-order valence-corrected chi connectivity index (χ3v) is 9.01. The molecule has 0 spiro atoms. The number of amides is 2. The Morgan fingerprint density at radius 1 is 1.00 bits per heavy atom. The van der Waals surface area contributed by atoms with Crippen LogP contribution in [0.25, 0.3) is 0 Å². The lowest BCUT2D eigenvalue weighted by Gasteiger charge is -2.33. The van der Waals surface area contributed by atoms with E-state index in [1.807, 2.05) is 0 Å². The molecule has 2 aromatic rings. The Morgan fingerprint density at radius 3 is 2.30 bits per heavy atom. The maximum absolute atomic E-state index is 13.7. The molecule has 0 bridgehead atoms. The lowest BCUT2D eigenvalue weighted by atomic mass is 9.95. The molecule has 1 aliphatic rings. The first-order valence-electron chi connectivity index (χ1n) is 11.8. The molecule has 12 heteroatoms. The van der Waals surface area contributed by atoms with Gasteiger partial charge in [0.15, 0.2) is 0 Å². The molecule has 1 aliphatic carbocycles. The summed E-state index contributed by atoms with van der Waals surface area (Å²) in [5.74, 6) is -0.911. The van der Waals surface area contributed by atoms with Gasteiger partial charge in [-0.05, 0) is 49.6 Å². The van der Waals surface area contributed by atoms with Gasteiger partial charge in [0.25, 0.3) is 0 Å². The van der Waals surface area contributed by atoms with Gasteiger partial charge < -0.3 is 10.2 Å². The second-order valence-corrected chi connectivity index (χ2v) is 12.6. The summed E-state index contributed by atoms with van der Waals surface area (Å²) in [7, 11) is -3.94. The molecule has 0 radical (unpaired) electrons.